The molecule has 0 fully saturated rings. The molecule has 0 unspecified atom stereocenters. The average Bonchev–Trinajstić information content (AvgIpc) is 2.25. The summed E-state index contributed by atoms with van der Waals surface area (Å²) in [4.78, 5) is 2.93. The highest BCUT2D eigenvalue weighted by Crippen LogP contribution is 2.34. The van der Waals surface area contributed by atoms with Gasteiger partial charge in [-0.3, -0.25) is 4.98 Å². The van der Waals surface area contributed by atoms with Gasteiger partial charge in [-0.05, 0) is 5.56 Å². The Bertz CT molecular complexity index is 405. The fourth-order valence-corrected chi connectivity index (χ4v) is 1.45. The standard InChI is InChI=1S/C9H9F5N2O/c10-8(11)5-2-16-7(9(12,13)14)6(3-17)4(5)1-15/h2,8,17H,1,3,15H2. The highest BCUT2D eigenvalue weighted by Gasteiger charge is 2.37. The van der Waals surface area contributed by atoms with Crippen LogP contribution < -0.4 is 5.73 Å². The van der Waals surface area contributed by atoms with E-state index in [9.17, 15) is 22.0 Å². The fourth-order valence-electron chi connectivity index (χ4n) is 1.45. The van der Waals surface area contributed by atoms with Gasteiger partial charge in [0.05, 0.1) is 6.61 Å². The van der Waals surface area contributed by atoms with Gasteiger partial charge in [0.25, 0.3) is 6.43 Å². The molecule has 3 N–H and O–H groups in total. The van der Waals surface area contributed by atoms with E-state index in [0.717, 1.165) is 0 Å². The Kier molecular flexibility index (Phi) is 3.99. The van der Waals surface area contributed by atoms with Crippen molar-refractivity contribution in [2.45, 2.75) is 25.8 Å². The van der Waals surface area contributed by atoms with Gasteiger partial charge in [0.15, 0.2) is 0 Å². The number of pyridine rings is 1. The molecule has 0 saturated carbocycles. The third kappa shape index (κ3) is 2.70. The summed E-state index contributed by atoms with van der Waals surface area (Å²) in [5, 5.41) is 8.86. The zero-order valence-corrected chi connectivity index (χ0v) is 8.43. The molecule has 96 valence electrons. The first kappa shape index (κ1) is 13.8. The first-order valence-electron chi connectivity index (χ1n) is 4.49. The molecule has 0 aliphatic heterocycles. The molecule has 8 heteroatoms. The Morgan fingerprint density at radius 2 is 1.88 bits per heavy atom. The molecule has 1 aromatic heterocycles. The number of nitrogens with zero attached hydrogens (tertiary/aromatic N) is 1. The minimum atomic E-state index is -4.82. The lowest BCUT2D eigenvalue weighted by molar-refractivity contribution is -0.142. The quantitative estimate of drug-likeness (QED) is 0.813. The van der Waals surface area contributed by atoms with E-state index in [4.69, 9.17) is 10.8 Å². The molecule has 0 amide bonds. The monoisotopic (exact) mass is 256 g/mol. The van der Waals surface area contributed by atoms with Gasteiger partial charge in [-0.15, -0.1) is 0 Å². The van der Waals surface area contributed by atoms with Gasteiger partial charge in [-0.1, -0.05) is 0 Å². The van der Waals surface area contributed by atoms with E-state index in [0.29, 0.717) is 6.20 Å². The number of hydrogen-bond donors (Lipinski definition) is 2. The first-order chi connectivity index (χ1) is 7.82. The molecule has 1 heterocycles. The lowest BCUT2D eigenvalue weighted by atomic mass is 10.0. The molecule has 0 aliphatic rings. The summed E-state index contributed by atoms with van der Waals surface area (Å²) in [5.74, 6) is 0. The number of rotatable bonds is 3. The molecule has 17 heavy (non-hydrogen) atoms. The largest absolute Gasteiger partial charge is 0.433 e. The maximum Gasteiger partial charge on any atom is 0.433 e. The Morgan fingerprint density at radius 3 is 2.24 bits per heavy atom. The third-order valence-corrected chi connectivity index (χ3v) is 2.20. The summed E-state index contributed by atoms with van der Waals surface area (Å²) >= 11 is 0. The number of halogens is 5. The van der Waals surface area contributed by atoms with Crippen molar-refractivity contribution in [3.8, 4) is 0 Å². The van der Waals surface area contributed by atoms with Gasteiger partial charge in [0.1, 0.15) is 5.69 Å². The van der Waals surface area contributed by atoms with Crippen LogP contribution in [-0.2, 0) is 19.3 Å². The third-order valence-electron chi connectivity index (χ3n) is 2.20. The molecule has 0 spiro atoms. The van der Waals surface area contributed by atoms with Crippen molar-refractivity contribution in [2.75, 3.05) is 0 Å². The van der Waals surface area contributed by atoms with Crippen LogP contribution in [0.5, 0.6) is 0 Å². The summed E-state index contributed by atoms with van der Waals surface area (Å²) in [5.41, 5.74) is 1.95. The van der Waals surface area contributed by atoms with Crippen LogP contribution in [-0.4, -0.2) is 10.1 Å². The van der Waals surface area contributed by atoms with Crippen LogP contribution in [0.25, 0.3) is 0 Å². The average molecular weight is 256 g/mol. The van der Waals surface area contributed by atoms with Crippen LogP contribution in [0, 0.1) is 0 Å². The van der Waals surface area contributed by atoms with E-state index in [-0.39, 0.29) is 0 Å². The number of aliphatic hydroxyl groups is 1. The fraction of sp³-hybridized carbons (Fsp3) is 0.444. The molecular weight excluding hydrogens is 247 g/mol. The van der Waals surface area contributed by atoms with Crippen LogP contribution in [0.1, 0.15) is 28.8 Å². The first-order valence-corrected chi connectivity index (χ1v) is 4.49. The van der Waals surface area contributed by atoms with E-state index >= 15 is 0 Å². The maximum atomic E-state index is 12.5. The van der Waals surface area contributed by atoms with E-state index in [1.807, 2.05) is 0 Å². The highest BCUT2D eigenvalue weighted by molar-refractivity contribution is 5.38. The summed E-state index contributed by atoms with van der Waals surface area (Å²) in [7, 11) is 0. The van der Waals surface area contributed by atoms with Crippen molar-refractivity contribution in [3.63, 3.8) is 0 Å². The molecule has 0 aliphatic carbocycles. The minimum absolute atomic E-state index is 0.412. The second kappa shape index (κ2) is 4.92. The van der Waals surface area contributed by atoms with Crippen LogP contribution >= 0.6 is 0 Å². The Labute approximate surface area is 93.1 Å². The number of alkyl halides is 5. The number of nitrogens with two attached hydrogens (primary N) is 1. The molecule has 0 atom stereocenters. The molecule has 0 bridgehead atoms. The summed E-state index contributed by atoms with van der Waals surface area (Å²) in [6.07, 6.45) is -7.37. The van der Waals surface area contributed by atoms with Crippen LogP contribution in [0.4, 0.5) is 22.0 Å². The molecule has 0 aromatic carbocycles. The van der Waals surface area contributed by atoms with Crippen molar-refractivity contribution in [2.24, 2.45) is 5.73 Å². The van der Waals surface area contributed by atoms with Crippen LogP contribution in [0.3, 0.4) is 0 Å². The summed E-state index contributed by atoms with van der Waals surface area (Å²) in [6, 6.07) is 0. The molecule has 1 rings (SSSR count). The maximum absolute atomic E-state index is 12.5. The second-order valence-electron chi connectivity index (χ2n) is 3.18. The normalized spacial score (nSPS) is 12.2. The molecule has 0 saturated heterocycles. The Morgan fingerprint density at radius 1 is 1.29 bits per heavy atom. The summed E-state index contributed by atoms with van der Waals surface area (Å²) in [6.45, 7) is -1.57. The lowest BCUT2D eigenvalue weighted by Crippen LogP contribution is -2.17. The van der Waals surface area contributed by atoms with E-state index in [2.05, 4.69) is 4.98 Å². The topological polar surface area (TPSA) is 59.1 Å². The van der Waals surface area contributed by atoms with Crippen LogP contribution in [0.15, 0.2) is 6.20 Å². The second-order valence-corrected chi connectivity index (χ2v) is 3.18. The van der Waals surface area contributed by atoms with Gasteiger partial charge in [0, 0.05) is 23.9 Å². The Balaban J connectivity index is 3.49. The van der Waals surface area contributed by atoms with Gasteiger partial charge in [-0.25, -0.2) is 8.78 Å². The number of hydrogen-bond acceptors (Lipinski definition) is 3. The van der Waals surface area contributed by atoms with Crippen LogP contribution in [0.2, 0.25) is 0 Å². The predicted octanol–water partition coefficient (Wildman–Crippen LogP) is 1.99. The zero-order chi connectivity index (χ0) is 13.2. The SMILES string of the molecule is NCc1c(C(F)F)cnc(C(F)(F)F)c1CO. The van der Waals surface area contributed by atoms with Gasteiger partial charge < -0.3 is 10.8 Å². The van der Waals surface area contributed by atoms with Crippen molar-refractivity contribution >= 4 is 0 Å². The minimum Gasteiger partial charge on any atom is -0.392 e. The van der Waals surface area contributed by atoms with E-state index in [1.54, 1.807) is 0 Å². The molecule has 0 radical (unpaired) electrons. The summed E-state index contributed by atoms with van der Waals surface area (Å²) < 4.78 is 62.4. The smallest absolute Gasteiger partial charge is 0.392 e. The lowest BCUT2D eigenvalue weighted by Gasteiger charge is -2.16. The van der Waals surface area contributed by atoms with E-state index in [1.165, 1.54) is 0 Å². The zero-order valence-electron chi connectivity index (χ0n) is 8.43. The van der Waals surface area contributed by atoms with Crippen molar-refractivity contribution in [3.05, 3.63) is 28.6 Å². The van der Waals surface area contributed by atoms with Gasteiger partial charge >= 0.3 is 6.18 Å². The predicted molar refractivity (Wildman–Crippen MR) is 48.0 cm³/mol. The molecular formula is C9H9F5N2O. The number of aromatic nitrogens is 1. The highest BCUT2D eigenvalue weighted by atomic mass is 19.4. The molecule has 3 nitrogen and oxygen atoms in total. The van der Waals surface area contributed by atoms with Gasteiger partial charge in [-0.2, -0.15) is 13.2 Å². The van der Waals surface area contributed by atoms with E-state index < -0.39 is 48.1 Å². The van der Waals surface area contributed by atoms with Crippen molar-refractivity contribution in [1.29, 1.82) is 0 Å². The molecule has 1 aromatic rings. The Hall–Kier alpha value is -1.28. The van der Waals surface area contributed by atoms with Crippen molar-refractivity contribution in [1.82, 2.24) is 4.98 Å². The van der Waals surface area contributed by atoms with Crippen molar-refractivity contribution < 1.29 is 27.1 Å². The van der Waals surface area contributed by atoms with Gasteiger partial charge in [0.2, 0.25) is 0 Å². The number of aliphatic hydroxyl groups excluding tert-OH is 1.